The summed E-state index contributed by atoms with van der Waals surface area (Å²) in [6.07, 6.45) is 0.767. The quantitative estimate of drug-likeness (QED) is 0.434. The third kappa shape index (κ3) is 5.35. The predicted molar refractivity (Wildman–Crippen MR) is 32.7 cm³/mol. The molecule has 0 aliphatic heterocycles. The van der Waals surface area contributed by atoms with Gasteiger partial charge in [0.1, 0.15) is 0 Å². The van der Waals surface area contributed by atoms with Crippen LogP contribution in [0.3, 0.4) is 0 Å². The minimum atomic E-state index is -0.645. The van der Waals surface area contributed by atoms with Gasteiger partial charge in [-0.05, 0) is 0 Å². The summed E-state index contributed by atoms with van der Waals surface area (Å²) in [5.41, 5.74) is 1.94. The Labute approximate surface area is 54.5 Å². The van der Waals surface area contributed by atoms with Crippen molar-refractivity contribution in [3.8, 4) is 5.63 Å². The molecule has 0 aliphatic rings. The van der Waals surface area contributed by atoms with Crippen molar-refractivity contribution in [3.05, 3.63) is 0 Å². The second kappa shape index (κ2) is 5.61. The molecule has 0 unspecified atom stereocenters. The summed E-state index contributed by atoms with van der Waals surface area (Å²) in [7, 11) is -0.420. The number of carbonyl (C=O) groups excluding carboxylic acids is 1. The first-order valence-corrected chi connectivity index (χ1v) is 3.37. The summed E-state index contributed by atoms with van der Waals surface area (Å²) in [6.45, 7) is 2.24. The van der Waals surface area contributed by atoms with Crippen LogP contribution in [0.2, 0.25) is 0 Å². The molecule has 0 N–H and O–H groups in total. The number of rotatable bonds is 2. The Bertz CT molecular complexity index is 179. The monoisotopic (exact) mass is 146 g/mol. The van der Waals surface area contributed by atoms with Gasteiger partial charge < -0.3 is 0 Å². The van der Waals surface area contributed by atoms with Crippen LogP contribution in [0.5, 0.6) is 0 Å². The normalized spacial score (nSPS) is 7.67. The first-order chi connectivity index (χ1) is 4.31. The van der Waals surface area contributed by atoms with Crippen LogP contribution in [0.1, 0.15) is 13.3 Å². The minimum absolute atomic E-state index is 0.362. The van der Waals surface area contributed by atoms with Crippen molar-refractivity contribution >= 4 is 13.9 Å². The molecule has 0 bridgehead atoms. The molecule has 0 saturated heterocycles. The Hall–Kier alpha value is -0.520. The number of hydrogen-bond acceptors (Lipinski definition) is 3. The second-order valence-electron chi connectivity index (χ2n) is 1.34. The van der Waals surface area contributed by atoms with Gasteiger partial charge in [-0.2, -0.15) is 0 Å². The van der Waals surface area contributed by atoms with E-state index in [-0.39, 0.29) is 0 Å². The van der Waals surface area contributed by atoms with Gasteiger partial charge in [-0.25, -0.2) is 0 Å². The first-order valence-electron chi connectivity index (χ1n) is 2.56. The van der Waals surface area contributed by atoms with Gasteiger partial charge in [0.2, 0.25) is 0 Å². The maximum absolute atomic E-state index is 10.3. The summed E-state index contributed by atoms with van der Waals surface area (Å²) in [5.74, 6) is -0.645. The first kappa shape index (κ1) is 8.48. The van der Waals surface area contributed by atoms with Crippen molar-refractivity contribution in [2.75, 3.05) is 6.61 Å². The zero-order valence-corrected chi connectivity index (χ0v) is 5.98. The molecule has 9 heavy (non-hydrogen) atoms. The molecular weight excluding hydrogens is 139 g/mol. The fraction of sp³-hybridized carbons (Fsp3) is 0.600. The summed E-state index contributed by atoms with van der Waals surface area (Å²) in [4.78, 5) is 10.3. The molecule has 0 amide bonds. The van der Waals surface area contributed by atoms with Gasteiger partial charge in [-0.3, -0.25) is 0 Å². The molecule has 50 valence electrons. The van der Waals surface area contributed by atoms with E-state index in [1.165, 1.54) is 0 Å². The van der Waals surface area contributed by atoms with Gasteiger partial charge in [0.15, 0.2) is 0 Å². The molecule has 0 heterocycles. The number of hydrogen-bond donors (Lipinski definition) is 0. The molecule has 4 heteroatoms. The molecule has 3 nitrogen and oxygen atoms in total. The number of ether oxygens (including phenoxy) is 1. The SMILES string of the molecule is CCCOC(=O)C#P=O. The Kier molecular flexibility index (Phi) is 5.29. The van der Waals surface area contributed by atoms with Crippen LogP contribution in [0.25, 0.3) is 0 Å². The van der Waals surface area contributed by atoms with E-state index < -0.39 is 13.9 Å². The Balaban J connectivity index is 3.47. The average molecular weight is 146 g/mol. The predicted octanol–water partition coefficient (Wildman–Crippen LogP) is 1.19. The molecule has 0 aliphatic carbocycles. The molecule has 0 spiro atoms. The van der Waals surface area contributed by atoms with Crippen LogP contribution in [-0.2, 0) is 14.1 Å². The van der Waals surface area contributed by atoms with Gasteiger partial charge in [-0.15, -0.1) is 0 Å². The fourth-order valence-electron chi connectivity index (χ4n) is 0.264. The molecule has 0 saturated carbocycles. The van der Waals surface area contributed by atoms with Gasteiger partial charge in [0, 0.05) is 0 Å². The molecule has 0 aromatic rings. The Morgan fingerprint density at radius 2 is 2.44 bits per heavy atom. The van der Waals surface area contributed by atoms with Crippen molar-refractivity contribution in [2.45, 2.75) is 13.3 Å². The van der Waals surface area contributed by atoms with E-state index in [0.717, 1.165) is 6.42 Å². The van der Waals surface area contributed by atoms with Crippen molar-refractivity contribution in [1.29, 1.82) is 0 Å². The Morgan fingerprint density at radius 1 is 1.78 bits per heavy atom. The topological polar surface area (TPSA) is 43.4 Å². The standard InChI is InChI=1S/C5H7O3P/c1-2-3-8-5(6)4-9-7/h2-3H2,1H3. The van der Waals surface area contributed by atoms with E-state index in [2.05, 4.69) is 4.74 Å². The van der Waals surface area contributed by atoms with Crippen LogP contribution < -0.4 is 0 Å². The van der Waals surface area contributed by atoms with Gasteiger partial charge in [0.05, 0.1) is 0 Å². The molecule has 0 aromatic heterocycles. The molecule has 0 atom stereocenters. The van der Waals surface area contributed by atoms with Gasteiger partial charge >= 0.3 is 53.6 Å². The van der Waals surface area contributed by atoms with Crippen molar-refractivity contribution in [3.63, 3.8) is 0 Å². The van der Waals surface area contributed by atoms with Gasteiger partial charge in [-0.1, -0.05) is 0 Å². The summed E-state index contributed by atoms with van der Waals surface area (Å²) in [6, 6.07) is 0. The summed E-state index contributed by atoms with van der Waals surface area (Å²) < 4.78 is 14.1. The number of carbonyl (C=O) groups is 1. The van der Waals surface area contributed by atoms with E-state index in [0.29, 0.717) is 6.61 Å². The molecule has 0 rings (SSSR count). The van der Waals surface area contributed by atoms with E-state index in [9.17, 15) is 9.36 Å². The summed E-state index contributed by atoms with van der Waals surface area (Å²) in [5, 5.41) is 0. The number of esters is 1. The third-order valence-electron chi connectivity index (χ3n) is 0.574. The van der Waals surface area contributed by atoms with Gasteiger partial charge in [0.25, 0.3) is 0 Å². The second-order valence-corrected chi connectivity index (χ2v) is 1.75. The van der Waals surface area contributed by atoms with Crippen LogP contribution >= 0.6 is 7.92 Å². The van der Waals surface area contributed by atoms with Crippen LogP contribution in [0.4, 0.5) is 0 Å². The average Bonchev–Trinajstić information content (AvgIpc) is 1.85. The molecule has 0 fully saturated rings. The molecule has 0 radical (unpaired) electrons. The zero-order valence-electron chi connectivity index (χ0n) is 5.09. The van der Waals surface area contributed by atoms with Crippen molar-refractivity contribution in [2.24, 2.45) is 0 Å². The molecular formula is C5H7O3P. The van der Waals surface area contributed by atoms with E-state index in [1.54, 1.807) is 0 Å². The Morgan fingerprint density at radius 3 is 2.89 bits per heavy atom. The van der Waals surface area contributed by atoms with E-state index >= 15 is 0 Å². The van der Waals surface area contributed by atoms with Crippen LogP contribution in [-0.4, -0.2) is 12.6 Å². The van der Waals surface area contributed by atoms with Crippen molar-refractivity contribution < 1.29 is 14.1 Å². The fourth-order valence-corrected chi connectivity index (χ4v) is 0.403. The maximum atomic E-state index is 10.3. The third-order valence-corrected chi connectivity index (χ3v) is 0.848. The zero-order chi connectivity index (χ0) is 7.11. The molecule has 0 aromatic carbocycles. The van der Waals surface area contributed by atoms with Crippen LogP contribution in [0.15, 0.2) is 0 Å². The van der Waals surface area contributed by atoms with E-state index in [4.69, 9.17) is 0 Å². The van der Waals surface area contributed by atoms with Crippen molar-refractivity contribution in [1.82, 2.24) is 0 Å². The van der Waals surface area contributed by atoms with E-state index in [1.807, 2.05) is 12.6 Å². The van der Waals surface area contributed by atoms with Crippen LogP contribution in [0, 0.1) is 5.63 Å². The summed E-state index contributed by atoms with van der Waals surface area (Å²) >= 11 is 0.